The van der Waals surface area contributed by atoms with Crippen molar-refractivity contribution < 1.29 is 27.4 Å². The number of anilines is 1. The van der Waals surface area contributed by atoms with Crippen molar-refractivity contribution in [3.8, 4) is 5.75 Å². The van der Waals surface area contributed by atoms with Crippen LogP contribution in [0.5, 0.6) is 5.75 Å². The smallest absolute Gasteiger partial charge is 0.243 e. The van der Waals surface area contributed by atoms with Gasteiger partial charge < -0.3 is 15.2 Å². The summed E-state index contributed by atoms with van der Waals surface area (Å²) in [6, 6.07) is 11.9. The summed E-state index contributed by atoms with van der Waals surface area (Å²) in [4.78, 5) is 14.7. The number of carbonyl (C=O) groups excluding carboxylic acids is 1. The molecule has 1 amide bonds. The van der Waals surface area contributed by atoms with Gasteiger partial charge in [-0.05, 0) is 62.6 Å². The molecule has 10 heteroatoms. The van der Waals surface area contributed by atoms with E-state index in [0.717, 1.165) is 19.3 Å². The van der Waals surface area contributed by atoms with E-state index in [0.29, 0.717) is 44.0 Å². The van der Waals surface area contributed by atoms with Gasteiger partial charge in [0.1, 0.15) is 23.3 Å². The maximum atomic E-state index is 13.5. The molecular weight excluding hydrogens is 473 g/mol. The molecule has 2 fully saturated rings. The molecule has 0 spiro atoms. The fraction of sp³-hybridized carbons (Fsp3) is 0.480. The lowest BCUT2D eigenvalue weighted by atomic mass is 9.90. The van der Waals surface area contributed by atoms with Crippen LogP contribution in [0.3, 0.4) is 0 Å². The number of rotatable bonds is 7. The van der Waals surface area contributed by atoms with Crippen LogP contribution in [0, 0.1) is 5.82 Å². The Balaban J connectivity index is 1.34. The summed E-state index contributed by atoms with van der Waals surface area (Å²) in [5, 5.41) is 13.5. The van der Waals surface area contributed by atoms with Gasteiger partial charge in [0.05, 0.1) is 11.4 Å². The van der Waals surface area contributed by atoms with Crippen LogP contribution in [0.2, 0.25) is 0 Å². The maximum Gasteiger partial charge on any atom is 0.243 e. The molecule has 0 radical (unpaired) electrons. The van der Waals surface area contributed by atoms with Crippen LogP contribution in [-0.4, -0.2) is 73.1 Å². The van der Waals surface area contributed by atoms with Gasteiger partial charge in [-0.15, -0.1) is 0 Å². The van der Waals surface area contributed by atoms with Crippen LogP contribution in [-0.2, 0) is 14.8 Å². The lowest BCUT2D eigenvalue weighted by molar-refractivity contribution is -0.122. The zero-order valence-electron chi connectivity index (χ0n) is 19.8. The number of sulfonamides is 1. The number of aliphatic hydroxyl groups is 1. The van der Waals surface area contributed by atoms with Crippen molar-refractivity contribution in [3.05, 3.63) is 54.3 Å². The van der Waals surface area contributed by atoms with Crippen LogP contribution in [0.4, 0.5) is 10.1 Å². The summed E-state index contributed by atoms with van der Waals surface area (Å²) >= 11 is 0. The minimum Gasteiger partial charge on any atom is -0.486 e. The Morgan fingerprint density at radius 2 is 1.86 bits per heavy atom. The second-order valence-electron chi connectivity index (χ2n) is 9.44. The normalized spacial score (nSPS) is 24.1. The molecule has 0 aliphatic carbocycles. The first-order valence-electron chi connectivity index (χ1n) is 11.9. The Labute approximate surface area is 205 Å². The molecule has 2 N–H and O–H groups in total. The summed E-state index contributed by atoms with van der Waals surface area (Å²) in [5.41, 5.74) is -0.612. The number of piperidine rings is 2. The zero-order valence-corrected chi connectivity index (χ0v) is 20.6. The maximum absolute atomic E-state index is 13.5. The topological polar surface area (TPSA) is 99.2 Å². The lowest BCUT2D eigenvalue weighted by Gasteiger charge is -2.42. The molecule has 2 aromatic carbocycles. The largest absolute Gasteiger partial charge is 0.486 e. The van der Waals surface area contributed by atoms with Crippen LogP contribution in [0.15, 0.2) is 53.4 Å². The first kappa shape index (κ1) is 25.6. The summed E-state index contributed by atoms with van der Waals surface area (Å²) in [6.07, 6.45) is 2.54. The van der Waals surface area contributed by atoms with Crippen molar-refractivity contribution in [1.82, 2.24) is 9.21 Å². The number of likely N-dealkylation sites (tertiary alicyclic amines) is 1. The molecule has 8 nitrogen and oxygen atoms in total. The van der Waals surface area contributed by atoms with Gasteiger partial charge in [0, 0.05) is 37.9 Å². The average molecular weight is 506 g/mol. The second-order valence-corrected chi connectivity index (χ2v) is 11.4. The van der Waals surface area contributed by atoms with Crippen molar-refractivity contribution in [2.75, 3.05) is 38.0 Å². The molecular formula is C25H32FN3O5S. The molecule has 2 atom stereocenters. The molecule has 2 heterocycles. The van der Waals surface area contributed by atoms with E-state index >= 15 is 0 Å². The van der Waals surface area contributed by atoms with Gasteiger partial charge in [0.25, 0.3) is 0 Å². The monoisotopic (exact) mass is 505 g/mol. The molecule has 190 valence electrons. The van der Waals surface area contributed by atoms with E-state index in [1.807, 2.05) is 4.90 Å². The van der Waals surface area contributed by atoms with E-state index in [-0.39, 0.29) is 17.3 Å². The molecule has 0 unspecified atom stereocenters. The van der Waals surface area contributed by atoms with Crippen molar-refractivity contribution in [1.29, 1.82) is 0 Å². The SMILES string of the molecule is C[C@]1(O)CCN(CC(=O)Nc2ccc(S(=O)(=O)N3CCCCC3)cc2)C[C@@H]1Oc1cccc(F)c1. The van der Waals surface area contributed by atoms with E-state index in [1.165, 1.54) is 34.6 Å². The molecule has 2 aromatic rings. The molecule has 0 saturated carbocycles. The predicted octanol–water partition coefficient (Wildman–Crippen LogP) is 2.84. The third-order valence-electron chi connectivity index (χ3n) is 6.58. The highest BCUT2D eigenvalue weighted by Gasteiger charge is 2.40. The number of nitrogens with zero attached hydrogens (tertiary/aromatic N) is 2. The number of ether oxygens (including phenoxy) is 1. The number of benzene rings is 2. The van der Waals surface area contributed by atoms with Gasteiger partial charge >= 0.3 is 0 Å². The second kappa shape index (κ2) is 10.6. The standard InChI is InChI=1S/C25H32FN3O5S/c1-25(31)12-15-28(17-23(25)34-21-7-5-6-19(26)16-21)18-24(30)27-20-8-10-22(11-9-20)35(32,33)29-13-3-2-4-14-29/h5-11,16,23,31H,2-4,12-15,17-18H2,1H3,(H,27,30)/t23-,25-/m0/s1. The van der Waals surface area contributed by atoms with Crippen LogP contribution in [0.25, 0.3) is 0 Å². The number of halogens is 1. The van der Waals surface area contributed by atoms with E-state index in [1.54, 1.807) is 25.1 Å². The van der Waals surface area contributed by atoms with E-state index in [2.05, 4.69) is 5.32 Å². The quantitative estimate of drug-likeness (QED) is 0.601. The zero-order chi connectivity index (χ0) is 25.1. The van der Waals surface area contributed by atoms with Gasteiger partial charge in [-0.3, -0.25) is 9.69 Å². The first-order valence-corrected chi connectivity index (χ1v) is 13.3. The Kier molecular flexibility index (Phi) is 7.75. The van der Waals surface area contributed by atoms with Crippen molar-refractivity contribution in [3.63, 3.8) is 0 Å². The minimum absolute atomic E-state index is 0.0763. The van der Waals surface area contributed by atoms with E-state index in [4.69, 9.17) is 4.74 Å². The number of hydrogen-bond acceptors (Lipinski definition) is 6. The molecule has 2 saturated heterocycles. The highest BCUT2D eigenvalue weighted by molar-refractivity contribution is 7.89. The lowest BCUT2D eigenvalue weighted by Crippen LogP contribution is -2.57. The Morgan fingerprint density at radius 1 is 1.14 bits per heavy atom. The van der Waals surface area contributed by atoms with Crippen LogP contribution in [0.1, 0.15) is 32.6 Å². The highest BCUT2D eigenvalue weighted by Crippen LogP contribution is 2.27. The Morgan fingerprint density at radius 3 is 2.54 bits per heavy atom. The molecule has 0 bridgehead atoms. The average Bonchev–Trinajstić information content (AvgIpc) is 2.82. The van der Waals surface area contributed by atoms with E-state index in [9.17, 15) is 22.7 Å². The van der Waals surface area contributed by atoms with Crippen molar-refractivity contribution in [2.24, 2.45) is 0 Å². The van der Waals surface area contributed by atoms with Crippen LogP contribution < -0.4 is 10.1 Å². The number of carbonyl (C=O) groups is 1. The third-order valence-corrected chi connectivity index (χ3v) is 8.50. The molecule has 2 aliphatic heterocycles. The molecule has 0 aromatic heterocycles. The fourth-order valence-electron chi connectivity index (χ4n) is 4.45. The molecule has 4 rings (SSSR count). The minimum atomic E-state index is -3.52. The number of amides is 1. The molecule has 35 heavy (non-hydrogen) atoms. The number of nitrogens with one attached hydrogen (secondary N) is 1. The van der Waals surface area contributed by atoms with E-state index < -0.39 is 27.5 Å². The van der Waals surface area contributed by atoms with Crippen molar-refractivity contribution >= 4 is 21.6 Å². The summed E-state index contributed by atoms with van der Waals surface area (Å²) in [5.74, 6) is -0.368. The van der Waals surface area contributed by atoms with Gasteiger partial charge in [0.2, 0.25) is 15.9 Å². The summed E-state index contributed by atoms with van der Waals surface area (Å²) < 4.78 is 46.5. The fourth-order valence-corrected chi connectivity index (χ4v) is 5.97. The third kappa shape index (κ3) is 6.38. The Hall–Kier alpha value is -2.53. The first-order chi connectivity index (χ1) is 16.6. The summed E-state index contributed by atoms with van der Waals surface area (Å²) in [6.45, 7) is 3.61. The highest BCUT2D eigenvalue weighted by atomic mass is 32.2. The van der Waals surface area contributed by atoms with Gasteiger partial charge in [0.15, 0.2) is 0 Å². The van der Waals surface area contributed by atoms with Gasteiger partial charge in [-0.1, -0.05) is 12.5 Å². The Bertz CT molecular complexity index is 1130. The number of hydrogen-bond donors (Lipinski definition) is 2. The molecule has 2 aliphatic rings. The van der Waals surface area contributed by atoms with Crippen molar-refractivity contribution in [2.45, 2.75) is 49.2 Å². The van der Waals surface area contributed by atoms with Gasteiger partial charge in [-0.2, -0.15) is 4.31 Å². The van der Waals surface area contributed by atoms with Crippen LogP contribution >= 0.6 is 0 Å². The predicted molar refractivity (Wildman–Crippen MR) is 130 cm³/mol. The summed E-state index contributed by atoms with van der Waals surface area (Å²) in [7, 11) is -3.52. The van der Waals surface area contributed by atoms with Gasteiger partial charge in [-0.25, -0.2) is 12.8 Å².